The van der Waals surface area contributed by atoms with Crippen molar-refractivity contribution in [2.45, 2.75) is 58.5 Å². The average molecular weight is 289 g/mol. The lowest BCUT2D eigenvalue weighted by Crippen LogP contribution is -2.46. The van der Waals surface area contributed by atoms with Crippen LogP contribution in [-0.4, -0.2) is 17.3 Å². The number of aliphatic hydroxyl groups is 1. The van der Waals surface area contributed by atoms with E-state index >= 15 is 0 Å². The molecule has 1 heterocycles. The van der Waals surface area contributed by atoms with Gasteiger partial charge in [-0.2, -0.15) is 5.26 Å². The highest BCUT2D eigenvalue weighted by Crippen LogP contribution is 2.66. The standard InChI is InChI=1S/C18H27NO2/c1-13-9-14-10-18(11-17(14,3)20)6-8-21-12-16(2,15(13)18)5-4-7-19/h6,8,13-15,20H,4-5,9-12H2,1-3H3/t13?,14?,15?,16-,17?,18?/m1/s1. The second-order valence-corrected chi connectivity index (χ2v) is 8.28. The molecule has 3 nitrogen and oxygen atoms in total. The highest BCUT2D eigenvalue weighted by atomic mass is 16.5. The zero-order valence-corrected chi connectivity index (χ0v) is 13.4. The van der Waals surface area contributed by atoms with Crippen LogP contribution < -0.4 is 0 Å². The predicted octanol–water partition coefficient (Wildman–Crippen LogP) is 3.64. The molecule has 0 aromatic carbocycles. The fraction of sp³-hybridized carbons (Fsp3) is 0.833. The molecular formula is C18H27NO2. The number of hydrogen-bond donors (Lipinski definition) is 1. The van der Waals surface area contributed by atoms with Crippen LogP contribution in [0, 0.1) is 39.9 Å². The summed E-state index contributed by atoms with van der Waals surface area (Å²) in [5, 5.41) is 19.8. The molecule has 0 saturated heterocycles. The van der Waals surface area contributed by atoms with Crippen molar-refractivity contribution < 1.29 is 9.84 Å². The summed E-state index contributed by atoms with van der Waals surface area (Å²) in [7, 11) is 0. The third-order valence-electron chi connectivity index (χ3n) is 6.51. The van der Waals surface area contributed by atoms with Crippen LogP contribution in [0.1, 0.15) is 52.9 Å². The van der Waals surface area contributed by atoms with Gasteiger partial charge in [-0.15, -0.1) is 0 Å². The van der Waals surface area contributed by atoms with E-state index in [0.29, 0.717) is 30.8 Å². The van der Waals surface area contributed by atoms with Crippen LogP contribution in [0.2, 0.25) is 0 Å². The zero-order chi connectivity index (χ0) is 15.3. The molecule has 21 heavy (non-hydrogen) atoms. The van der Waals surface area contributed by atoms with Crippen molar-refractivity contribution in [1.29, 1.82) is 5.26 Å². The fourth-order valence-corrected chi connectivity index (χ4v) is 5.98. The van der Waals surface area contributed by atoms with Crippen molar-refractivity contribution in [2.24, 2.45) is 28.6 Å². The number of fused-ring (bicyclic) bond motifs is 1. The number of hydrogen-bond acceptors (Lipinski definition) is 3. The van der Waals surface area contributed by atoms with Crippen molar-refractivity contribution in [3.05, 3.63) is 12.3 Å². The topological polar surface area (TPSA) is 53.2 Å². The molecular weight excluding hydrogens is 262 g/mol. The van der Waals surface area contributed by atoms with Crippen LogP contribution >= 0.6 is 0 Å². The maximum absolute atomic E-state index is 10.8. The summed E-state index contributed by atoms with van der Waals surface area (Å²) in [5.41, 5.74) is -0.496. The van der Waals surface area contributed by atoms with Crippen LogP contribution in [0.5, 0.6) is 0 Å². The molecule has 0 radical (unpaired) electrons. The highest BCUT2D eigenvalue weighted by Gasteiger charge is 2.62. The SMILES string of the molecule is CC1CC2CC3(C=COC[C@@](C)(CCC#N)C13)CC2(C)O. The van der Waals surface area contributed by atoms with E-state index in [0.717, 1.165) is 25.7 Å². The molecule has 5 unspecified atom stereocenters. The Labute approximate surface area is 128 Å². The minimum absolute atomic E-state index is 0.0179. The van der Waals surface area contributed by atoms with Gasteiger partial charge in [-0.3, -0.25) is 0 Å². The summed E-state index contributed by atoms with van der Waals surface area (Å²) in [6.45, 7) is 7.31. The van der Waals surface area contributed by atoms with Crippen molar-refractivity contribution in [2.75, 3.05) is 6.61 Å². The van der Waals surface area contributed by atoms with Crippen molar-refractivity contribution in [3.8, 4) is 6.07 Å². The van der Waals surface area contributed by atoms with E-state index in [-0.39, 0.29) is 10.8 Å². The van der Waals surface area contributed by atoms with Crippen LogP contribution in [0.15, 0.2) is 12.3 Å². The first-order valence-electron chi connectivity index (χ1n) is 8.22. The quantitative estimate of drug-likeness (QED) is 0.844. The molecule has 6 atom stereocenters. The van der Waals surface area contributed by atoms with Crippen molar-refractivity contribution in [3.63, 3.8) is 0 Å². The Morgan fingerprint density at radius 3 is 2.90 bits per heavy atom. The second-order valence-electron chi connectivity index (χ2n) is 8.28. The number of allylic oxidation sites excluding steroid dienone is 1. The van der Waals surface area contributed by atoms with E-state index < -0.39 is 5.60 Å². The summed E-state index contributed by atoms with van der Waals surface area (Å²) in [6, 6.07) is 2.30. The van der Waals surface area contributed by atoms with Gasteiger partial charge in [-0.05, 0) is 61.9 Å². The van der Waals surface area contributed by atoms with E-state index in [9.17, 15) is 5.11 Å². The summed E-state index contributed by atoms with van der Waals surface area (Å²) in [6.07, 6.45) is 8.56. The third kappa shape index (κ3) is 2.19. The summed E-state index contributed by atoms with van der Waals surface area (Å²) < 4.78 is 5.79. The lowest BCUT2D eigenvalue weighted by Gasteiger charge is -2.50. The van der Waals surface area contributed by atoms with Crippen LogP contribution in [0.4, 0.5) is 0 Å². The molecule has 3 heteroatoms. The van der Waals surface area contributed by atoms with Crippen molar-refractivity contribution >= 4 is 0 Å². The highest BCUT2D eigenvalue weighted by molar-refractivity contribution is 5.19. The van der Waals surface area contributed by atoms with Gasteiger partial charge in [0.1, 0.15) is 0 Å². The third-order valence-corrected chi connectivity index (χ3v) is 6.51. The molecule has 2 bridgehead atoms. The Morgan fingerprint density at radius 1 is 1.43 bits per heavy atom. The Bertz CT molecular complexity index is 492. The Hall–Kier alpha value is -1.01. The minimum atomic E-state index is -0.562. The molecule has 1 spiro atoms. The maximum atomic E-state index is 10.8. The first-order valence-corrected chi connectivity index (χ1v) is 8.22. The Kier molecular flexibility index (Phi) is 3.37. The maximum Gasteiger partial charge on any atom is 0.0930 e. The molecule has 116 valence electrons. The molecule has 0 aromatic rings. The van der Waals surface area contributed by atoms with E-state index in [4.69, 9.17) is 10.00 Å². The number of nitriles is 1. The van der Waals surface area contributed by atoms with Gasteiger partial charge in [0, 0.05) is 11.8 Å². The van der Waals surface area contributed by atoms with Gasteiger partial charge < -0.3 is 9.84 Å². The Balaban J connectivity index is 2.02. The van der Waals surface area contributed by atoms with Gasteiger partial charge in [0.15, 0.2) is 0 Å². The van der Waals surface area contributed by atoms with Crippen LogP contribution in [0.25, 0.3) is 0 Å². The van der Waals surface area contributed by atoms with E-state index in [2.05, 4.69) is 26.0 Å². The van der Waals surface area contributed by atoms with Crippen LogP contribution in [0.3, 0.4) is 0 Å². The van der Waals surface area contributed by atoms with E-state index in [1.54, 1.807) is 0 Å². The molecule has 1 N–H and O–H groups in total. The van der Waals surface area contributed by atoms with Gasteiger partial charge in [0.2, 0.25) is 0 Å². The average Bonchev–Trinajstić information content (AvgIpc) is 2.52. The van der Waals surface area contributed by atoms with Gasteiger partial charge >= 0.3 is 0 Å². The van der Waals surface area contributed by atoms with E-state index in [1.165, 1.54) is 0 Å². The van der Waals surface area contributed by atoms with Gasteiger partial charge in [-0.25, -0.2) is 0 Å². The fourth-order valence-electron chi connectivity index (χ4n) is 5.98. The number of ether oxygens (including phenoxy) is 1. The van der Waals surface area contributed by atoms with Crippen LogP contribution in [-0.2, 0) is 4.74 Å². The first kappa shape index (κ1) is 14.9. The molecule has 2 aliphatic carbocycles. The molecule has 3 rings (SSSR count). The number of rotatable bonds is 2. The lowest BCUT2D eigenvalue weighted by molar-refractivity contribution is -0.0347. The molecule has 1 aliphatic heterocycles. The Morgan fingerprint density at radius 2 is 2.19 bits per heavy atom. The molecule has 3 aliphatic rings. The molecule has 2 saturated carbocycles. The normalized spacial score (nSPS) is 51.7. The van der Waals surface area contributed by atoms with E-state index in [1.807, 2.05) is 13.2 Å². The summed E-state index contributed by atoms with van der Waals surface area (Å²) in [4.78, 5) is 0. The lowest BCUT2D eigenvalue weighted by atomic mass is 9.53. The molecule has 0 aromatic heterocycles. The van der Waals surface area contributed by atoms with Gasteiger partial charge in [-0.1, -0.05) is 13.8 Å². The monoisotopic (exact) mass is 289 g/mol. The minimum Gasteiger partial charge on any atom is -0.501 e. The largest absolute Gasteiger partial charge is 0.501 e. The summed E-state index contributed by atoms with van der Waals surface area (Å²) in [5.74, 6) is 1.45. The first-order chi connectivity index (χ1) is 9.83. The summed E-state index contributed by atoms with van der Waals surface area (Å²) >= 11 is 0. The smallest absolute Gasteiger partial charge is 0.0930 e. The predicted molar refractivity (Wildman–Crippen MR) is 81.1 cm³/mol. The second kappa shape index (κ2) is 4.74. The van der Waals surface area contributed by atoms with Gasteiger partial charge in [0.25, 0.3) is 0 Å². The number of nitrogens with zero attached hydrogens (tertiary/aromatic N) is 1. The molecule has 2 fully saturated rings. The zero-order valence-electron chi connectivity index (χ0n) is 13.4. The van der Waals surface area contributed by atoms with Crippen molar-refractivity contribution in [1.82, 2.24) is 0 Å². The molecule has 0 amide bonds. The van der Waals surface area contributed by atoms with Gasteiger partial charge in [0.05, 0.1) is 24.5 Å².